The predicted octanol–water partition coefficient (Wildman–Crippen LogP) is 7.75. The minimum absolute atomic E-state index is 0.0183. The molecule has 0 saturated heterocycles. The summed E-state index contributed by atoms with van der Waals surface area (Å²) in [6, 6.07) is 29.6. The molecular formula is C30H27F2NO2. The number of halogens is 2. The first kappa shape index (κ1) is 24.1. The van der Waals surface area contributed by atoms with Gasteiger partial charge in [-0.15, -0.1) is 0 Å². The molecule has 0 amide bonds. The van der Waals surface area contributed by atoms with Crippen LogP contribution in [0.1, 0.15) is 46.8 Å². The third kappa shape index (κ3) is 7.24. The van der Waals surface area contributed by atoms with Gasteiger partial charge in [-0.05, 0) is 84.6 Å². The summed E-state index contributed by atoms with van der Waals surface area (Å²) in [6.45, 7) is 0.489. The molecule has 3 nitrogen and oxygen atoms in total. The second-order valence-corrected chi connectivity index (χ2v) is 8.37. The summed E-state index contributed by atoms with van der Waals surface area (Å²) in [5.41, 5.74) is 3.44. The lowest BCUT2D eigenvalue weighted by molar-refractivity contribution is 0.0979. The van der Waals surface area contributed by atoms with Gasteiger partial charge in [-0.2, -0.15) is 0 Å². The van der Waals surface area contributed by atoms with E-state index in [4.69, 9.17) is 4.74 Å². The Morgan fingerprint density at radius 3 is 2.06 bits per heavy atom. The summed E-state index contributed by atoms with van der Waals surface area (Å²) in [6.07, 6.45) is 1.68. The minimum atomic E-state index is -0.360. The van der Waals surface area contributed by atoms with Gasteiger partial charge >= 0.3 is 0 Å². The van der Waals surface area contributed by atoms with E-state index in [0.29, 0.717) is 31.4 Å². The monoisotopic (exact) mass is 471 g/mol. The van der Waals surface area contributed by atoms with Crippen molar-refractivity contribution in [2.24, 2.45) is 0 Å². The Balaban J connectivity index is 1.41. The molecule has 0 bridgehead atoms. The average molecular weight is 472 g/mol. The number of hydrogen-bond acceptors (Lipinski definition) is 3. The maximum absolute atomic E-state index is 13.4. The van der Waals surface area contributed by atoms with Crippen LogP contribution in [0.3, 0.4) is 0 Å². The van der Waals surface area contributed by atoms with Gasteiger partial charge in [-0.25, -0.2) is 8.78 Å². The van der Waals surface area contributed by atoms with Crippen LogP contribution in [0.4, 0.5) is 14.5 Å². The Hall–Kier alpha value is -3.99. The average Bonchev–Trinajstić information content (AvgIpc) is 2.89. The molecule has 0 aliphatic rings. The first-order chi connectivity index (χ1) is 17.1. The lowest BCUT2D eigenvalue weighted by Gasteiger charge is -2.21. The molecule has 4 aromatic rings. The number of benzene rings is 4. The Morgan fingerprint density at radius 1 is 0.771 bits per heavy atom. The highest BCUT2D eigenvalue weighted by molar-refractivity contribution is 5.95. The van der Waals surface area contributed by atoms with Crippen LogP contribution in [-0.2, 0) is 6.61 Å². The van der Waals surface area contributed by atoms with Crippen molar-refractivity contribution in [1.29, 1.82) is 0 Å². The second-order valence-electron chi connectivity index (χ2n) is 8.37. The zero-order chi connectivity index (χ0) is 24.5. The molecule has 0 aliphatic heterocycles. The topological polar surface area (TPSA) is 38.3 Å². The number of rotatable bonds is 11. The van der Waals surface area contributed by atoms with E-state index < -0.39 is 0 Å². The molecule has 178 valence electrons. The van der Waals surface area contributed by atoms with Crippen LogP contribution in [0.25, 0.3) is 0 Å². The number of nitrogens with one attached hydrogen (secondary N) is 1. The molecule has 1 N–H and O–H groups in total. The minimum Gasteiger partial charge on any atom is -0.489 e. The lowest BCUT2D eigenvalue weighted by Crippen LogP contribution is -2.12. The molecule has 5 heteroatoms. The quantitative estimate of drug-likeness (QED) is 0.227. The fourth-order valence-electron chi connectivity index (χ4n) is 3.85. The number of ketones is 1. The third-order valence-corrected chi connectivity index (χ3v) is 5.78. The largest absolute Gasteiger partial charge is 0.489 e. The molecule has 1 unspecified atom stereocenters. The first-order valence-corrected chi connectivity index (χ1v) is 11.6. The molecule has 1 atom stereocenters. The molecule has 0 saturated carbocycles. The summed E-state index contributed by atoms with van der Waals surface area (Å²) >= 11 is 0. The zero-order valence-corrected chi connectivity index (χ0v) is 19.3. The van der Waals surface area contributed by atoms with Gasteiger partial charge in [0.2, 0.25) is 0 Å². The van der Waals surface area contributed by atoms with Crippen molar-refractivity contribution in [2.45, 2.75) is 31.9 Å². The normalized spacial score (nSPS) is 11.6. The van der Waals surface area contributed by atoms with Gasteiger partial charge in [0.1, 0.15) is 24.0 Å². The lowest BCUT2D eigenvalue weighted by atomic mass is 9.98. The Morgan fingerprint density at radius 2 is 1.40 bits per heavy atom. The first-order valence-electron chi connectivity index (χ1n) is 11.6. The second kappa shape index (κ2) is 11.9. The number of Topliss-reactive ketones (excluding diaryl/α,β-unsaturated/α-hetero) is 1. The van der Waals surface area contributed by atoms with Crippen molar-refractivity contribution in [1.82, 2.24) is 0 Å². The van der Waals surface area contributed by atoms with Gasteiger partial charge in [0, 0.05) is 17.7 Å². The van der Waals surface area contributed by atoms with Crippen molar-refractivity contribution >= 4 is 11.5 Å². The van der Waals surface area contributed by atoms with Crippen LogP contribution in [0.5, 0.6) is 5.75 Å². The van der Waals surface area contributed by atoms with E-state index in [9.17, 15) is 13.6 Å². The van der Waals surface area contributed by atoms with E-state index in [0.717, 1.165) is 22.6 Å². The molecule has 0 radical (unpaired) electrons. The van der Waals surface area contributed by atoms with Gasteiger partial charge in [0.05, 0.1) is 6.04 Å². The highest BCUT2D eigenvalue weighted by Gasteiger charge is 2.14. The van der Waals surface area contributed by atoms with E-state index in [1.165, 1.54) is 36.4 Å². The van der Waals surface area contributed by atoms with Crippen LogP contribution in [0.15, 0.2) is 103 Å². The van der Waals surface area contributed by atoms with E-state index in [1.54, 1.807) is 12.1 Å². The van der Waals surface area contributed by atoms with Crippen molar-refractivity contribution in [2.75, 3.05) is 5.32 Å². The molecule has 0 heterocycles. The number of carbonyl (C=O) groups is 1. The summed E-state index contributed by atoms with van der Waals surface area (Å²) in [5.74, 6) is 0.0954. The summed E-state index contributed by atoms with van der Waals surface area (Å²) in [5, 5.41) is 3.45. The van der Waals surface area contributed by atoms with Gasteiger partial charge in [-0.3, -0.25) is 4.79 Å². The SMILES string of the molecule is O=C(CCCC(Nc1ccc(F)cc1)c1ccc(OCc2ccccc2)cc1)c1ccc(F)cc1. The summed E-state index contributed by atoms with van der Waals surface area (Å²) in [7, 11) is 0. The fraction of sp³-hybridized carbons (Fsp3) is 0.167. The molecule has 4 aromatic carbocycles. The summed E-state index contributed by atoms with van der Waals surface area (Å²) < 4.78 is 32.4. The van der Waals surface area contributed by atoms with Crippen LogP contribution in [-0.4, -0.2) is 5.78 Å². The highest BCUT2D eigenvalue weighted by Crippen LogP contribution is 2.27. The maximum Gasteiger partial charge on any atom is 0.162 e. The van der Waals surface area contributed by atoms with Gasteiger partial charge in [0.25, 0.3) is 0 Å². The van der Waals surface area contributed by atoms with Crippen molar-refractivity contribution in [3.63, 3.8) is 0 Å². The van der Waals surface area contributed by atoms with E-state index in [-0.39, 0.29) is 23.5 Å². The van der Waals surface area contributed by atoms with E-state index in [1.807, 2.05) is 54.6 Å². The van der Waals surface area contributed by atoms with Gasteiger partial charge < -0.3 is 10.1 Å². The summed E-state index contributed by atoms with van der Waals surface area (Å²) in [4.78, 5) is 12.5. The number of carbonyl (C=O) groups excluding carboxylic acids is 1. The zero-order valence-electron chi connectivity index (χ0n) is 19.3. The van der Waals surface area contributed by atoms with Crippen LogP contribution in [0, 0.1) is 11.6 Å². The highest BCUT2D eigenvalue weighted by atomic mass is 19.1. The van der Waals surface area contributed by atoms with Crippen LogP contribution < -0.4 is 10.1 Å². The smallest absolute Gasteiger partial charge is 0.162 e. The van der Waals surface area contributed by atoms with E-state index in [2.05, 4.69) is 5.32 Å². The van der Waals surface area contributed by atoms with Gasteiger partial charge in [0.15, 0.2) is 5.78 Å². The molecule has 0 spiro atoms. The van der Waals surface area contributed by atoms with Gasteiger partial charge in [-0.1, -0.05) is 42.5 Å². The Kier molecular flexibility index (Phi) is 8.23. The predicted molar refractivity (Wildman–Crippen MR) is 135 cm³/mol. The molecule has 0 aromatic heterocycles. The number of hydrogen-bond donors (Lipinski definition) is 1. The van der Waals surface area contributed by atoms with Crippen LogP contribution in [0.2, 0.25) is 0 Å². The Bertz CT molecular complexity index is 1210. The van der Waals surface area contributed by atoms with Crippen LogP contribution >= 0.6 is 0 Å². The molecule has 35 heavy (non-hydrogen) atoms. The van der Waals surface area contributed by atoms with Crippen molar-refractivity contribution < 1.29 is 18.3 Å². The maximum atomic E-state index is 13.4. The van der Waals surface area contributed by atoms with Crippen molar-refractivity contribution in [3.05, 3.63) is 131 Å². The molecule has 0 aliphatic carbocycles. The third-order valence-electron chi connectivity index (χ3n) is 5.78. The van der Waals surface area contributed by atoms with Crippen molar-refractivity contribution in [3.8, 4) is 5.75 Å². The number of ether oxygens (including phenoxy) is 1. The molecule has 4 rings (SSSR count). The standard InChI is InChI=1S/C30H27F2NO2/c31-25-13-9-24(10-14-25)30(34)8-4-7-29(33-27-17-15-26(32)16-18-27)23-11-19-28(20-12-23)35-21-22-5-2-1-3-6-22/h1-3,5-6,9-20,29,33H,4,7-8,21H2. The molecule has 0 fully saturated rings. The Labute approximate surface area is 204 Å². The number of anilines is 1. The fourth-order valence-corrected chi connectivity index (χ4v) is 3.85. The molecular weight excluding hydrogens is 444 g/mol. The van der Waals surface area contributed by atoms with E-state index >= 15 is 0 Å².